The highest BCUT2D eigenvalue weighted by Crippen LogP contribution is 2.30. The average Bonchev–Trinajstić information content (AvgIpc) is 3.05. The van der Waals surface area contributed by atoms with E-state index in [0.717, 1.165) is 30.1 Å². The molecule has 9 heteroatoms. The summed E-state index contributed by atoms with van der Waals surface area (Å²) in [6.07, 6.45) is 4.19. The van der Waals surface area contributed by atoms with E-state index < -0.39 is 29.0 Å². The minimum absolute atomic E-state index is 0.0310. The summed E-state index contributed by atoms with van der Waals surface area (Å²) in [5.74, 6) is -1.79. The average molecular weight is 435 g/mol. The van der Waals surface area contributed by atoms with Gasteiger partial charge >= 0.3 is 0 Å². The number of rotatable bonds is 6. The molecule has 164 valence electrons. The highest BCUT2D eigenvalue weighted by molar-refractivity contribution is 6.24. The topological polar surface area (TPSA) is 105 Å². The van der Waals surface area contributed by atoms with E-state index in [1.807, 2.05) is 30.3 Å². The maximum Gasteiger partial charge on any atom is 0.282 e. The second-order valence-electron chi connectivity index (χ2n) is 7.80. The van der Waals surface area contributed by atoms with Gasteiger partial charge in [-0.1, -0.05) is 42.5 Å². The molecule has 32 heavy (non-hydrogen) atoms. The van der Waals surface area contributed by atoms with E-state index in [9.17, 15) is 24.5 Å². The molecule has 0 saturated carbocycles. The third-order valence-corrected chi connectivity index (χ3v) is 5.81. The number of carbonyl (C=O) groups is 3. The second kappa shape index (κ2) is 9.11. The molecule has 1 saturated heterocycles. The fourth-order valence-corrected chi connectivity index (χ4v) is 4.05. The van der Waals surface area contributed by atoms with Crippen LogP contribution in [0.15, 0.2) is 54.6 Å². The first-order valence-corrected chi connectivity index (χ1v) is 10.4. The van der Waals surface area contributed by atoms with Gasteiger partial charge in [0.15, 0.2) is 0 Å². The first-order valence-electron chi connectivity index (χ1n) is 10.4. The number of benzene rings is 2. The maximum atomic E-state index is 12.7. The number of piperazine rings is 1. The smallest absolute Gasteiger partial charge is 0.282 e. The van der Waals surface area contributed by atoms with Crippen LogP contribution in [0.5, 0.6) is 0 Å². The van der Waals surface area contributed by atoms with Crippen LogP contribution < -0.4 is 4.90 Å². The van der Waals surface area contributed by atoms with Crippen molar-refractivity contribution in [3.8, 4) is 0 Å². The Labute approximate surface area is 184 Å². The number of hydrogen-bond donors (Lipinski definition) is 1. The molecule has 0 aromatic heterocycles. The predicted molar refractivity (Wildman–Crippen MR) is 116 cm³/mol. The Balaban J connectivity index is 1.32. The zero-order valence-corrected chi connectivity index (χ0v) is 17.4. The lowest BCUT2D eigenvalue weighted by molar-refractivity contribution is -0.898. The van der Waals surface area contributed by atoms with Gasteiger partial charge in [0.1, 0.15) is 12.1 Å². The van der Waals surface area contributed by atoms with Gasteiger partial charge in [-0.3, -0.25) is 29.4 Å². The Bertz CT molecular complexity index is 1090. The number of imide groups is 1. The Kier molecular flexibility index (Phi) is 6.09. The predicted octanol–water partition coefficient (Wildman–Crippen LogP) is 0.631. The van der Waals surface area contributed by atoms with E-state index >= 15 is 0 Å². The molecule has 0 spiro atoms. The quantitative estimate of drug-likeness (QED) is 0.407. The molecular formula is C23H23N4O5+. The second-order valence-corrected chi connectivity index (χ2v) is 7.80. The monoisotopic (exact) mass is 435 g/mol. The highest BCUT2D eigenvalue weighted by Gasteiger charge is 2.42. The number of quaternary nitrogens is 1. The van der Waals surface area contributed by atoms with Gasteiger partial charge in [0.25, 0.3) is 17.5 Å². The Morgan fingerprint density at radius 1 is 1.03 bits per heavy atom. The summed E-state index contributed by atoms with van der Waals surface area (Å²) in [6, 6.07) is 13.9. The Hall–Kier alpha value is -3.85. The van der Waals surface area contributed by atoms with Crippen LogP contribution in [0.1, 0.15) is 26.3 Å². The molecule has 0 bridgehead atoms. The van der Waals surface area contributed by atoms with Crippen LogP contribution in [0, 0.1) is 10.1 Å². The first kappa shape index (κ1) is 21.4. The van der Waals surface area contributed by atoms with Crippen LogP contribution in [0.25, 0.3) is 6.08 Å². The van der Waals surface area contributed by atoms with Gasteiger partial charge in [-0.05, 0) is 17.7 Å². The van der Waals surface area contributed by atoms with Crippen molar-refractivity contribution < 1.29 is 24.2 Å². The van der Waals surface area contributed by atoms with Crippen LogP contribution in [0.4, 0.5) is 5.69 Å². The highest BCUT2D eigenvalue weighted by atomic mass is 16.6. The van der Waals surface area contributed by atoms with E-state index in [0.29, 0.717) is 13.1 Å². The number of nitro benzene ring substituents is 1. The first-order chi connectivity index (χ1) is 15.5. The lowest BCUT2D eigenvalue weighted by atomic mass is 10.1. The normalized spacial score (nSPS) is 16.6. The molecule has 3 amide bonds. The molecule has 2 aliphatic heterocycles. The van der Waals surface area contributed by atoms with Gasteiger partial charge in [0.2, 0.25) is 5.91 Å². The molecule has 2 aliphatic rings. The van der Waals surface area contributed by atoms with Crippen molar-refractivity contribution in [2.24, 2.45) is 0 Å². The van der Waals surface area contributed by atoms with Crippen molar-refractivity contribution in [1.82, 2.24) is 9.80 Å². The molecule has 4 rings (SSSR count). The van der Waals surface area contributed by atoms with E-state index in [4.69, 9.17) is 0 Å². The molecule has 2 aromatic rings. The van der Waals surface area contributed by atoms with Crippen molar-refractivity contribution in [2.45, 2.75) is 0 Å². The summed E-state index contributed by atoms with van der Waals surface area (Å²) in [7, 11) is 0. The van der Waals surface area contributed by atoms with Gasteiger partial charge in [0, 0.05) is 6.07 Å². The summed E-state index contributed by atoms with van der Waals surface area (Å²) in [6.45, 7) is 3.01. The van der Waals surface area contributed by atoms with Gasteiger partial charge in [-0.15, -0.1) is 0 Å². The van der Waals surface area contributed by atoms with Crippen LogP contribution in [0.3, 0.4) is 0 Å². The number of nitro groups is 1. The number of amides is 3. The molecule has 2 aromatic carbocycles. The van der Waals surface area contributed by atoms with E-state index in [2.05, 4.69) is 12.2 Å². The largest absolute Gasteiger partial charge is 0.330 e. The zero-order valence-electron chi connectivity index (χ0n) is 17.4. The van der Waals surface area contributed by atoms with Gasteiger partial charge < -0.3 is 9.80 Å². The summed E-state index contributed by atoms with van der Waals surface area (Å²) >= 11 is 0. The fraction of sp³-hybridized carbons (Fsp3) is 0.261. The van der Waals surface area contributed by atoms with Crippen molar-refractivity contribution in [1.29, 1.82) is 0 Å². The lowest BCUT2D eigenvalue weighted by Gasteiger charge is -2.32. The van der Waals surface area contributed by atoms with Gasteiger partial charge in [-0.25, -0.2) is 0 Å². The minimum Gasteiger partial charge on any atom is -0.330 e. The van der Waals surface area contributed by atoms with Crippen LogP contribution in [-0.4, -0.2) is 71.7 Å². The van der Waals surface area contributed by atoms with Gasteiger partial charge in [0.05, 0.1) is 43.2 Å². The molecule has 1 N–H and O–H groups in total. The fourth-order valence-electron chi connectivity index (χ4n) is 4.05. The van der Waals surface area contributed by atoms with Crippen molar-refractivity contribution in [3.63, 3.8) is 0 Å². The summed E-state index contributed by atoms with van der Waals surface area (Å²) < 4.78 is 0. The van der Waals surface area contributed by atoms with Crippen molar-refractivity contribution in [2.75, 3.05) is 39.3 Å². The Morgan fingerprint density at radius 3 is 2.44 bits per heavy atom. The number of fused-ring (bicyclic) bond motifs is 1. The summed E-state index contributed by atoms with van der Waals surface area (Å²) in [5.41, 5.74) is 0.449. The van der Waals surface area contributed by atoms with E-state index in [1.54, 1.807) is 4.90 Å². The Morgan fingerprint density at radius 2 is 1.75 bits per heavy atom. The number of nitrogens with one attached hydrogen (secondary N) is 1. The zero-order chi connectivity index (χ0) is 22.7. The standard InChI is InChI=1S/C23H22N4O5/c28-20(16-26-22(29)18-9-4-10-19(27(31)32)21(18)23(26)30)25-14-12-24(13-15-25)11-5-8-17-6-2-1-3-7-17/h1-10H,11-16H2/p+1/b8-5+. The molecular weight excluding hydrogens is 412 g/mol. The summed E-state index contributed by atoms with van der Waals surface area (Å²) in [5, 5.41) is 11.2. The molecule has 1 fully saturated rings. The van der Waals surface area contributed by atoms with E-state index in [-0.39, 0.29) is 17.0 Å². The molecule has 0 atom stereocenters. The molecule has 0 radical (unpaired) electrons. The van der Waals surface area contributed by atoms with Gasteiger partial charge in [-0.2, -0.15) is 0 Å². The lowest BCUT2D eigenvalue weighted by Crippen LogP contribution is -3.14. The number of carbonyl (C=O) groups excluding carboxylic acids is 3. The third kappa shape index (κ3) is 4.28. The van der Waals surface area contributed by atoms with Crippen molar-refractivity contribution in [3.05, 3.63) is 81.4 Å². The molecule has 9 nitrogen and oxygen atoms in total. The number of nitrogens with zero attached hydrogens (tertiary/aromatic N) is 3. The molecule has 0 unspecified atom stereocenters. The molecule has 0 aliphatic carbocycles. The number of hydrogen-bond acceptors (Lipinski definition) is 5. The van der Waals surface area contributed by atoms with Crippen LogP contribution in [-0.2, 0) is 4.79 Å². The maximum absolute atomic E-state index is 12.7. The van der Waals surface area contributed by atoms with Crippen molar-refractivity contribution >= 4 is 29.5 Å². The van der Waals surface area contributed by atoms with Crippen LogP contribution in [0.2, 0.25) is 0 Å². The SMILES string of the molecule is O=C(CN1C(=O)c2cccc([N+](=O)[O-])c2C1=O)N1CC[NH+](C/C=C/c2ccccc2)CC1. The van der Waals surface area contributed by atoms with E-state index in [1.165, 1.54) is 23.1 Å². The summed E-state index contributed by atoms with van der Waals surface area (Å²) in [4.78, 5) is 52.3. The third-order valence-electron chi connectivity index (χ3n) is 5.81. The molecule has 2 heterocycles. The van der Waals surface area contributed by atoms with Crippen LogP contribution >= 0.6 is 0 Å². The minimum atomic E-state index is -0.791.